The molecule has 0 spiro atoms. The molecule has 0 aliphatic rings. The van der Waals surface area contributed by atoms with Crippen LogP contribution in [0, 0.1) is 7.14 Å². The van der Waals surface area contributed by atoms with E-state index in [1.807, 2.05) is 0 Å². The fourth-order valence-corrected chi connectivity index (χ4v) is 3.35. The molecule has 96 valence electrons. The smallest absolute Gasteiger partial charge is 0.0619 e. The van der Waals surface area contributed by atoms with E-state index in [0.717, 1.165) is 0 Å². The van der Waals surface area contributed by atoms with Crippen molar-refractivity contribution in [3.8, 4) is 0 Å². The molecule has 2 rings (SSSR count). The van der Waals surface area contributed by atoms with Gasteiger partial charge in [-0.15, -0.1) is 0 Å². The summed E-state index contributed by atoms with van der Waals surface area (Å²) in [5.74, 6) is 0. The maximum absolute atomic E-state index is 10.3. The van der Waals surface area contributed by atoms with Gasteiger partial charge in [-0.3, -0.25) is 0 Å². The second kappa shape index (κ2) is 7.73. The Kier molecular flexibility index (Phi) is 6.63. The van der Waals surface area contributed by atoms with E-state index in [9.17, 15) is 3.47 Å². The summed E-state index contributed by atoms with van der Waals surface area (Å²) in [6.45, 7) is 0. The third-order valence-electron chi connectivity index (χ3n) is 1.68. The molecule has 0 bridgehead atoms. The van der Waals surface area contributed by atoms with Gasteiger partial charge in [-0.2, -0.15) is 0 Å². The molecular formula is C12H11AsFIO3. The Morgan fingerprint density at radius 3 is 1.50 bits per heavy atom. The van der Waals surface area contributed by atoms with E-state index >= 15 is 0 Å². The van der Waals surface area contributed by atoms with Crippen molar-refractivity contribution in [1.82, 2.24) is 0 Å². The predicted octanol–water partition coefficient (Wildman–Crippen LogP) is -2.01. The first kappa shape index (κ1) is 15.4. The van der Waals surface area contributed by atoms with Gasteiger partial charge in [-0.25, -0.2) is 0 Å². The molecule has 0 saturated heterocycles. The monoisotopic (exact) mass is 424 g/mol. The van der Waals surface area contributed by atoms with Gasteiger partial charge < -0.3 is 0 Å². The van der Waals surface area contributed by atoms with E-state index in [1.165, 1.54) is 7.14 Å². The van der Waals surface area contributed by atoms with Gasteiger partial charge >= 0.3 is 51.2 Å². The van der Waals surface area contributed by atoms with Gasteiger partial charge in [0.25, 0.3) is 0 Å². The van der Waals surface area contributed by atoms with Crippen molar-refractivity contribution in [3.63, 3.8) is 0 Å². The maximum Gasteiger partial charge on any atom is 0.357 e. The summed E-state index contributed by atoms with van der Waals surface area (Å²) >= 11 is -5.85. The van der Waals surface area contributed by atoms with Crippen molar-refractivity contribution in [2.75, 3.05) is 0 Å². The first-order valence-electron chi connectivity index (χ1n) is 4.93. The summed E-state index contributed by atoms with van der Waals surface area (Å²) in [6, 6.07) is 21.4. The zero-order valence-corrected chi connectivity index (χ0v) is 13.3. The van der Waals surface area contributed by atoms with E-state index in [0.29, 0.717) is 0 Å². The molecule has 6 heteroatoms. The summed E-state index contributed by atoms with van der Waals surface area (Å²) in [4.78, 5) is 0. The molecule has 18 heavy (non-hydrogen) atoms. The van der Waals surface area contributed by atoms with Crippen molar-refractivity contribution in [2.24, 2.45) is 0 Å². The van der Waals surface area contributed by atoms with Gasteiger partial charge in [0, 0.05) is 0 Å². The standard InChI is InChI=1S/C12H10I.AsFH2O3/c1-3-7-11(8-4-1)13-12-9-5-2-6-10-12;2-1(3,4)5/h1-10H;(H2,3,4,5)/q+1;/p-1. The molecule has 0 heterocycles. The minimum atomic E-state index is -5.88. The third kappa shape index (κ3) is 8.47. The quantitative estimate of drug-likeness (QED) is 0.448. The van der Waals surface area contributed by atoms with Crippen LogP contribution in [0.1, 0.15) is 0 Å². The predicted molar refractivity (Wildman–Crippen MR) is 60.0 cm³/mol. The molecule has 2 aromatic carbocycles. The summed E-state index contributed by atoms with van der Waals surface area (Å²) < 4.78 is 37.4. The molecule has 0 amide bonds. The second-order valence-corrected chi connectivity index (χ2v) is 8.06. The molecule has 0 aliphatic heterocycles. The van der Waals surface area contributed by atoms with Crippen molar-refractivity contribution >= 4 is 14.6 Å². The Hall–Kier alpha value is -0.622. The van der Waals surface area contributed by atoms with E-state index < -0.39 is 14.6 Å². The molecule has 1 N–H and O–H groups in total. The molecule has 1 unspecified atom stereocenters. The van der Waals surface area contributed by atoms with E-state index in [-0.39, 0.29) is 21.2 Å². The SMILES string of the molecule is O=[As]([O-])(O)F.c1ccc([I+]c2ccccc2)cc1. The van der Waals surface area contributed by atoms with Crippen molar-refractivity contribution in [1.29, 1.82) is 0 Å². The number of benzene rings is 2. The van der Waals surface area contributed by atoms with Crippen molar-refractivity contribution < 1.29 is 36.6 Å². The molecule has 2 aromatic rings. The Morgan fingerprint density at radius 2 is 1.22 bits per heavy atom. The van der Waals surface area contributed by atoms with Gasteiger partial charge in [0.1, 0.15) is 0 Å². The van der Waals surface area contributed by atoms with Crippen LogP contribution in [0.25, 0.3) is 0 Å². The van der Waals surface area contributed by atoms with E-state index in [1.54, 1.807) is 0 Å². The van der Waals surface area contributed by atoms with Crippen molar-refractivity contribution in [3.05, 3.63) is 67.8 Å². The zero-order valence-electron chi connectivity index (χ0n) is 9.24. The first-order chi connectivity index (χ1) is 8.45. The normalized spacial score (nSPS) is 13.1. The minimum absolute atomic E-state index is 0.0287. The molecule has 0 saturated carbocycles. The van der Waals surface area contributed by atoms with Crippen LogP contribution in [0.5, 0.6) is 0 Å². The topological polar surface area (TPSA) is 60.4 Å². The number of hydrogen-bond acceptors (Lipinski definition) is 2. The Labute approximate surface area is 118 Å². The molecule has 0 fully saturated rings. The minimum Gasteiger partial charge on any atom is -0.0619 e. The van der Waals surface area contributed by atoms with Gasteiger partial charge in [0.05, 0.1) is 0 Å². The summed E-state index contributed by atoms with van der Waals surface area (Å²) in [6.07, 6.45) is 0. The van der Waals surface area contributed by atoms with Crippen LogP contribution < -0.4 is 25.3 Å². The van der Waals surface area contributed by atoms with Gasteiger partial charge in [0.15, 0.2) is 7.14 Å². The largest absolute Gasteiger partial charge is 0.357 e. The van der Waals surface area contributed by atoms with Crippen LogP contribution in [0.2, 0.25) is 0 Å². The second-order valence-electron chi connectivity index (χ2n) is 3.14. The van der Waals surface area contributed by atoms with E-state index in [2.05, 4.69) is 60.7 Å². The van der Waals surface area contributed by atoms with Crippen LogP contribution >= 0.6 is 0 Å². The molecular weight excluding hydrogens is 413 g/mol. The fraction of sp³-hybridized carbons (Fsp3) is 0. The number of halogens is 2. The van der Waals surface area contributed by atoms with Gasteiger partial charge in [-0.1, -0.05) is 36.4 Å². The third-order valence-corrected chi connectivity index (χ3v) is 4.37. The van der Waals surface area contributed by atoms with E-state index in [4.69, 9.17) is 11.9 Å². The molecule has 1 atom stereocenters. The zero-order chi connectivity index (χ0) is 13.4. The van der Waals surface area contributed by atoms with Crippen LogP contribution in [0.4, 0.5) is 3.47 Å². The Balaban J connectivity index is 0.000000280. The molecule has 3 nitrogen and oxygen atoms in total. The fourth-order valence-electron chi connectivity index (χ4n) is 1.08. The van der Waals surface area contributed by atoms with Crippen molar-refractivity contribution in [2.45, 2.75) is 0 Å². The van der Waals surface area contributed by atoms with Gasteiger partial charge in [0.2, 0.25) is 0 Å². The molecule has 0 aliphatic carbocycles. The molecule has 0 aromatic heterocycles. The van der Waals surface area contributed by atoms with Crippen LogP contribution in [-0.2, 0) is 3.74 Å². The Bertz CT molecular complexity index is 455. The average molecular weight is 424 g/mol. The first-order valence-corrected chi connectivity index (χ1v) is 10.2. The Morgan fingerprint density at radius 1 is 0.944 bits per heavy atom. The maximum atomic E-state index is 10.3. The van der Waals surface area contributed by atoms with Crippen LogP contribution in [0.15, 0.2) is 60.7 Å². The average Bonchev–Trinajstić information content (AvgIpc) is 2.29. The summed E-state index contributed by atoms with van der Waals surface area (Å²) in [5.41, 5.74) is 0. The summed E-state index contributed by atoms with van der Waals surface area (Å²) in [5, 5.41) is 0. The number of rotatable bonds is 2. The van der Waals surface area contributed by atoms with Crippen LogP contribution in [-0.4, -0.2) is 18.7 Å². The van der Waals surface area contributed by atoms with Gasteiger partial charge in [-0.05, 0) is 24.3 Å². The summed E-state index contributed by atoms with van der Waals surface area (Å²) in [7, 11) is 0. The van der Waals surface area contributed by atoms with Crippen LogP contribution in [0.3, 0.4) is 0 Å². The number of hydrogen-bond donors (Lipinski definition) is 1. The molecule has 0 radical (unpaired) electrons.